The number of hydrogen-bond acceptors (Lipinski definition) is 3. The number of hydrogen-bond donors (Lipinski definition) is 0. The third kappa shape index (κ3) is 3.84. The molecule has 3 aromatic rings. The van der Waals surface area contributed by atoms with Gasteiger partial charge in [-0.3, -0.25) is 9.69 Å². The Labute approximate surface area is 179 Å². The Morgan fingerprint density at radius 2 is 1.63 bits per heavy atom. The fraction of sp³-hybridized carbons (Fsp3) is 0.0400. The highest BCUT2D eigenvalue weighted by molar-refractivity contribution is 6.30. The number of carbonyl (C=O) groups is 1. The van der Waals surface area contributed by atoms with Gasteiger partial charge in [0.05, 0.1) is 24.4 Å². The highest BCUT2D eigenvalue weighted by Crippen LogP contribution is 2.35. The summed E-state index contributed by atoms with van der Waals surface area (Å²) >= 11 is 6.04. The van der Waals surface area contributed by atoms with E-state index in [4.69, 9.17) is 21.6 Å². The number of nitriles is 1. The molecule has 4 nitrogen and oxygen atoms in total. The number of ether oxygens (including phenoxy) is 1. The van der Waals surface area contributed by atoms with Gasteiger partial charge in [0.1, 0.15) is 5.75 Å². The van der Waals surface area contributed by atoms with Crippen molar-refractivity contribution in [1.82, 2.24) is 0 Å². The van der Waals surface area contributed by atoms with Gasteiger partial charge in [0.25, 0.3) is 5.91 Å². The van der Waals surface area contributed by atoms with Crippen LogP contribution in [0.4, 0.5) is 5.69 Å². The van der Waals surface area contributed by atoms with Crippen molar-refractivity contribution in [3.05, 3.63) is 106 Å². The van der Waals surface area contributed by atoms with Crippen LogP contribution in [-0.4, -0.2) is 13.0 Å². The fourth-order valence-electron chi connectivity index (χ4n) is 3.27. The number of benzene rings is 3. The molecule has 1 aliphatic rings. The Bertz CT molecular complexity index is 1190. The van der Waals surface area contributed by atoms with Gasteiger partial charge in [0.15, 0.2) is 0 Å². The molecule has 0 fully saturated rings. The third-order valence-electron chi connectivity index (χ3n) is 4.82. The van der Waals surface area contributed by atoms with Crippen LogP contribution in [0.1, 0.15) is 16.7 Å². The van der Waals surface area contributed by atoms with E-state index in [-0.39, 0.29) is 5.91 Å². The van der Waals surface area contributed by atoms with Crippen LogP contribution in [-0.2, 0) is 4.79 Å². The van der Waals surface area contributed by atoms with Crippen molar-refractivity contribution in [1.29, 1.82) is 5.26 Å². The lowest BCUT2D eigenvalue weighted by atomic mass is 10.1. The molecule has 0 saturated heterocycles. The van der Waals surface area contributed by atoms with Crippen LogP contribution in [0.5, 0.6) is 5.75 Å². The zero-order valence-corrected chi connectivity index (χ0v) is 16.9. The molecular formula is C25H17ClN2O2. The van der Waals surface area contributed by atoms with Gasteiger partial charge in [-0.25, -0.2) is 0 Å². The van der Waals surface area contributed by atoms with Gasteiger partial charge in [-0.15, -0.1) is 0 Å². The molecule has 5 heteroatoms. The Hall–Kier alpha value is -3.81. The van der Waals surface area contributed by atoms with Crippen LogP contribution in [0, 0.1) is 11.3 Å². The van der Waals surface area contributed by atoms with E-state index in [0.29, 0.717) is 21.8 Å². The van der Waals surface area contributed by atoms with Crippen LogP contribution < -0.4 is 9.64 Å². The lowest BCUT2D eigenvalue weighted by molar-refractivity contribution is -0.113. The van der Waals surface area contributed by atoms with Gasteiger partial charge < -0.3 is 4.74 Å². The Morgan fingerprint density at radius 3 is 2.23 bits per heavy atom. The highest BCUT2D eigenvalue weighted by atomic mass is 35.5. The van der Waals surface area contributed by atoms with E-state index in [0.717, 1.165) is 22.6 Å². The normalized spacial score (nSPS) is 14.6. The first-order valence-corrected chi connectivity index (χ1v) is 9.65. The number of carbonyl (C=O) groups excluding carboxylic acids is 1. The van der Waals surface area contributed by atoms with Crippen molar-refractivity contribution in [3.63, 3.8) is 0 Å². The van der Waals surface area contributed by atoms with Crippen molar-refractivity contribution >= 4 is 35.0 Å². The summed E-state index contributed by atoms with van der Waals surface area (Å²) < 4.78 is 5.20. The first kappa shape index (κ1) is 19.5. The Balaban J connectivity index is 1.78. The van der Waals surface area contributed by atoms with Crippen molar-refractivity contribution < 1.29 is 9.53 Å². The van der Waals surface area contributed by atoms with E-state index in [1.54, 1.807) is 48.4 Å². The van der Waals surface area contributed by atoms with Gasteiger partial charge >= 0.3 is 0 Å². The van der Waals surface area contributed by atoms with Crippen molar-refractivity contribution in [2.75, 3.05) is 12.0 Å². The lowest BCUT2D eigenvalue weighted by Gasteiger charge is -2.21. The number of nitrogens with zero attached hydrogens (tertiary/aromatic N) is 2. The molecule has 0 aliphatic carbocycles. The summed E-state index contributed by atoms with van der Waals surface area (Å²) in [4.78, 5) is 15.0. The summed E-state index contributed by atoms with van der Waals surface area (Å²) in [6.45, 7) is 0. The molecule has 0 atom stereocenters. The monoisotopic (exact) mass is 412 g/mol. The quantitative estimate of drug-likeness (QED) is 0.517. The molecule has 1 amide bonds. The van der Waals surface area contributed by atoms with E-state index in [2.05, 4.69) is 6.07 Å². The van der Waals surface area contributed by atoms with E-state index in [9.17, 15) is 4.79 Å². The summed E-state index contributed by atoms with van der Waals surface area (Å²) in [6.07, 6.45) is 3.72. The summed E-state index contributed by atoms with van der Waals surface area (Å²) in [5.74, 6) is 0.618. The first-order valence-electron chi connectivity index (χ1n) is 9.27. The molecule has 0 spiro atoms. The van der Waals surface area contributed by atoms with Gasteiger partial charge in [-0.1, -0.05) is 35.9 Å². The van der Waals surface area contributed by atoms with Gasteiger partial charge in [0, 0.05) is 16.3 Å². The molecule has 0 radical (unpaired) electrons. The fourth-order valence-corrected chi connectivity index (χ4v) is 3.40. The molecule has 3 aromatic carbocycles. The minimum atomic E-state index is -0.138. The number of rotatable bonds is 4. The van der Waals surface area contributed by atoms with Crippen LogP contribution in [0.3, 0.4) is 0 Å². The third-order valence-corrected chi connectivity index (χ3v) is 5.07. The molecule has 30 heavy (non-hydrogen) atoms. The average Bonchev–Trinajstić information content (AvgIpc) is 3.10. The lowest BCUT2D eigenvalue weighted by Crippen LogP contribution is -2.24. The average molecular weight is 413 g/mol. The van der Waals surface area contributed by atoms with Crippen LogP contribution in [0.2, 0.25) is 5.02 Å². The van der Waals surface area contributed by atoms with Crippen molar-refractivity contribution in [2.45, 2.75) is 0 Å². The maximum Gasteiger partial charge on any atom is 0.262 e. The van der Waals surface area contributed by atoms with Crippen molar-refractivity contribution in [3.8, 4) is 11.8 Å². The van der Waals surface area contributed by atoms with Gasteiger partial charge in [-0.2, -0.15) is 5.26 Å². The standard InChI is InChI=1S/C25H17ClN2O2/c1-30-23-12-4-17(5-13-23)14-20-15-24(19-6-8-21(26)9-7-19)28(25(20)29)22-10-2-18(16-27)3-11-22/h2-15H,1H3/b20-14-. The molecular weight excluding hydrogens is 396 g/mol. The molecule has 4 rings (SSSR count). The molecule has 0 N–H and O–H groups in total. The molecule has 0 unspecified atom stereocenters. The maximum absolute atomic E-state index is 13.3. The summed E-state index contributed by atoms with van der Waals surface area (Å²) in [5, 5.41) is 9.70. The molecule has 0 bridgehead atoms. The zero-order chi connectivity index (χ0) is 21.1. The topological polar surface area (TPSA) is 53.3 Å². The molecule has 0 aromatic heterocycles. The number of halogens is 1. The van der Waals surface area contributed by atoms with E-state index in [1.807, 2.05) is 48.6 Å². The zero-order valence-electron chi connectivity index (χ0n) is 16.2. The predicted molar refractivity (Wildman–Crippen MR) is 119 cm³/mol. The minimum absolute atomic E-state index is 0.138. The second-order valence-corrected chi connectivity index (χ2v) is 7.14. The van der Waals surface area contributed by atoms with E-state index in [1.165, 1.54) is 0 Å². The largest absolute Gasteiger partial charge is 0.497 e. The summed E-state index contributed by atoms with van der Waals surface area (Å²) in [7, 11) is 1.62. The van der Waals surface area contributed by atoms with Crippen LogP contribution in [0.25, 0.3) is 11.8 Å². The smallest absolute Gasteiger partial charge is 0.262 e. The highest BCUT2D eigenvalue weighted by Gasteiger charge is 2.30. The van der Waals surface area contributed by atoms with Gasteiger partial charge in [0.2, 0.25) is 0 Å². The number of amides is 1. The summed E-state index contributed by atoms with van der Waals surface area (Å²) in [6, 6.07) is 23.9. The first-order chi connectivity index (χ1) is 14.6. The SMILES string of the molecule is COc1ccc(/C=C2/C=C(c3ccc(Cl)cc3)N(c3ccc(C#N)cc3)C2=O)cc1. The maximum atomic E-state index is 13.3. The Kier molecular flexibility index (Phi) is 5.38. The minimum Gasteiger partial charge on any atom is -0.497 e. The van der Waals surface area contributed by atoms with E-state index < -0.39 is 0 Å². The second-order valence-electron chi connectivity index (χ2n) is 6.71. The van der Waals surface area contributed by atoms with Crippen LogP contribution >= 0.6 is 11.6 Å². The molecule has 0 saturated carbocycles. The molecule has 146 valence electrons. The Morgan fingerprint density at radius 1 is 0.967 bits per heavy atom. The predicted octanol–water partition coefficient (Wildman–Crippen LogP) is 5.69. The van der Waals surface area contributed by atoms with Crippen molar-refractivity contribution in [2.24, 2.45) is 0 Å². The van der Waals surface area contributed by atoms with E-state index >= 15 is 0 Å². The van der Waals surface area contributed by atoms with Crippen LogP contribution in [0.15, 0.2) is 84.4 Å². The number of methoxy groups -OCH3 is 1. The molecule has 1 aliphatic heterocycles. The number of anilines is 1. The second kappa shape index (κ2) is 8.28. The summed E-state index contributed by atoms with van der Waals surface area (Å²) in [5.41, 5.74) is 4.31. The molecule has 1 heterocycles. The van der Waals surface area contributed by atoms with Gasteiger partial charge in [-0.05, 0) is 71.8 Å².